The smallest absolute Gasteiger partial charge is 0.266 e. The van der Waals surface area contributed by atoms with Crippen LogP contribution >= 0.6 is 0 Å². The van der Waals surface area contributed by atoms with Crippen LogP contribution in [0.4, 0.5) is 19.0 Å². The van der Waals surface area contributed by atoms with E-state index in [0.29, 0.717) is 33.9 Å². The SMILES string of the molecule is Cc1nc(N[C@H](C)c2cccc(C(F)F)c2F)c2cc(-c3ccc(=O)n(C)c3)c3nncn3c2n1. The standard InChI is InChI=1S/C24H20F3N7O/c1-12(15-5-4-6-16(20(15)25)21(26)27)29-22-18-9-17(14-7-8-19(35)33(3)10-14)24-32-28-11-34(24)23(18)31-13(2)30-22/h4-12,21H,1-3H3,(H,29,30,31)/t12-/m1/s1. The number of aryl methyl sites for hydroxylation is 2. The van der Waals surface area contributed by atoms with Crippen LogP contribution in [0.5, 0.6) is 0 Å². The second kappa shape index (κ2) is 8.49. The summed E-state index contributed by atoms with van der Waals surface area (Å²) in [7, 11) is 1.65. The molecule has 1 N–H and O–H groups in total. The predicted molar refractivity (Wildman–Crippen MR) is 125 cm³/mol. The van der Waals surface area contributed by atoms with E-state index in [1.165, 1.54) is 29.1 Å². The molecule has 11 heteroatoms. The third-order valence-corrected chi connectivity index (χ3v) is 5.85. The summed E-state index contributed by atoms with van der Waals surface area (Å²) in [5.74, 6) is -0.118. The fraction of sp³-hybridized carbons (Fsp3) is 0.208. The number of hydrogen-bond acceptors (Lipinski definition) is 6. The number of rotatable bonds is 5. The number of pyridine rings is 2. The monoisotopic (exact) mass is 479 g/mol. The van der Waals surface area contributed by atoms with Crippen molar-refractivity contribution in [3.05, 3.63) is 82.0 Å². The summed E-state index contributed by atoms with van der Waals surface area (Å²) in [6.07, 6.45) is 0.290. The first-order valence-electron chi connectivity index (χ1n) is 10.8. The van der Waals surface area contributed by atoms with Crippen LogP contribution in [-0.2, 0) is 7.05 Å². The molecule has 4 heterocycles. The van der Waals surface area contributed by atoms with Crippen molar-refractivity contribution >= 4 is 22.5 Å². The molecule has 0 spiro atoms. The molecule has 1 aromatic carbocycles. The molecule has 0 aliphatic carbocycles. The number of benzene rings is 1. The molecule has 8 nitrogen and oxygen atoms in total. The van der Waals surface area contributed by atoms with Gasteiger partial charge in [-0.25, -0.2) is 23.1 Å². The van der Waals surface area contributed by atoms with Crippen molar-refractivity contribution in [3.63, 3.8) is 0 Å². The first kappa shape index (κ1) is 22.5. The number of fused-ring (bicyclic) bond motifs is 3. The molecule has 1 atom stereocenters. The van der Waals surface area contributed by atoms with Gasteiger partial charge in [0, 0.05) is 36.0 Å². The average Bonchev–Trinajstić information content (AvgIpc) is 3.31. The van der Waals surface area contributed by atoms with E-state index in [4.69, 9.17) is 0 Å². The molecule has 5 rings (SSSR count). The van der Waals surface area contributed by atoms with Crippen LogP contribution in [0.3, 0.4) is 0 Å². The maximum absolute atomic E-state index is 14.8. The van der Waals surface area contributed by atoms with Crippen molar-refractivity contribution in [2.45, 2.75) is 26.3 Å². The minimum absolute atomic E-state index is 0.0934. The van der Waals surface area contributed by atoms with Crippen molar-refractivity contribution in [3.8, 4) is 11.1 Å². The van der Waals surface area contributed by atoms with E-state index in [2.05, 4.69) is 25.5 Å². The van der Waals surface area contributed by atoms with Gasteiger partial charge in [0.15, 0.2) is 11.3 Å². The summed E-state index contributed by atoms with van der Waals surface area (Å²) in [5.41, 5.74) is 1.74. The van der Waals surface area contributed by atoms with Gasteiger partial charge in [-0.05, 0) is 26.0 Å². The van der Waals surface area contributed by atoms with Gasteiger partial charge >= 0.3 is 0 Å². The van der Waals surface area contributed by atoms with Gasteiger partial charge in [0.2, 0.25) is 5.56 Å². The summed E-state index contributed by atoms with van der Waals surface area (Å²) >= 11 is 0. The van der Waals surface area contributed by atoms with E-state index in [0.717, 1.165) is 11.6 Å². The molecule has 0 amide bonds. The van der Waals surface area contributed by atoms with E-state index in [-0.39, 0.29) is 11.1 Å². The Labute approximate surface area is 197 Å². The Morgan fingerprint density at radius 2 is 1.83 bits per heavy atom. The van der Waals surface area contributed by atoms with Crippen LogP contribution in [0, 0.1) is 12.7 Å². The molecule has 0 saturated heterocycles. The number of alkyl halides is 2. The van der Waals surface area contributed by atoms with Gasteiger partial charge in [-0.1, -0.05) is 18.2 Å². The first-order chi connectivity index (χ1) is 16.7. The quantitative estimate of drug-likeness (QED) is 0.396. The third-order valence-electron chi connectivity index (χ3n) is 5.85. The largest absolute Gasteiger partial charge is 0.363 e. The molecule has 4 aromatic heterocycles. The zero-order valence-electron chi connectivity index (χ0n) is 19.0. The molecule has 0 aliphatic heterocycles. The van der Waals surface area contributed by atoms with Gasteiger partial charge < -0.3 is 9.88 Å². The first-order valence-corrected chi connectivity index (χ1v) is 10.8. The molecule has 0 bridgehead atoms. The van der Waals surface area contributed by atoms with Crippen LogP contribution < -0.4 is 10.9 Å². The fourth-order valence-electron chi connectivity index (χ4n) is 4.10. The number of halogens is 3. The second-order valence-corrected chi connectivity index (χ2v) is 8.22. The highest BCUT2D eigenvalue weighted by Crippen LogP contribution is 2.33. The highest BCUT2D eigenvalue weighted by molar-refractivity contribution is 5.95. The van der Waals surface area contributed by atoms with Gasteiger partial charge in [0.25, 0.3) is 6.43 Å². The lowest BCUT2D eigenvalue weighted by Crippen LogP contribution is -2.14. The number of nitrogens with zero attached hydrogens (tertiary/aromatic N) is 6. The van der Waals surface area contributed by atoms with Gasteiger partial charge in [-0.15, -0.1) is 10.2 Å². The van der Waals surface area contributed by atoms with Crippen LogP contribution in [0.15, 0.2) is 53.7 Å². The molecule has 178 valence electrons. The molecule has 0 fully saturated rings. The molecule has 0 unspecified atom stereocenters. The van der Waals surface area contributed by atoms with E-state index >= 15 is 0 Å². The van der Waals surface area contributed by atoms with E-state index in [1.807, 2.05) is 6.07 Å². The van der Waals surface area contributed by atoms with Gasteiger partial charge in [0.05, 0.1) is 17.0 Å². The molecular formula is C24H20F3N7O. The molecular weight excluding hydrogens is 459 g/mol. The summed E-state index contributed by atoms with van der Waals surface area (Å²) < 4.78 is 44.4. The second-order valence-electron chi connectivity index (χ2n) is 8.22. The zero-order valence-corrected chi connectivity index (χ0v) is 19.0. The maximum atomic E-state index is 14.8. The summed E-state index contributed by atoms with van der Waals surface area (Å²) in [6, 6.07) is 8.22. The minimum atomic E-state index is -2.92. The Bertz CT molecular complexity index is 1640. The number of hydrogen-bond donors (Lipinski definition) is 1. The van der Waals surface area contributed by atoms with Crippen molar-refractivity contribution in [1.82, 2.24) is 29.1 Å². The molecule has 0 radical (unpaired) electrons. The molecule has 0 aliphatic rings. The van der Waals surface area contributed by atoms with Gasteiger partial charge in [-0.3, -0.25) is 9.20 Å². The van der Waals surface area contributed by atoms with Gasteiger partial charge in [-0.2, -0.15) is 0 Å². The van der Waals surface area contributed by atoms with Crippen molar-refractivity contribution in [1.29, 1.82) is 0 Å². The third kappa shape index (κ3) is 3.88. The summed E-state index contributed by atoms with van der Waals surface area (Å²) in [4.78, 5) is 20.9. The number of nitrogens with one attached hydrogen (secondary N) is 1. The Hall–Kier alpha value is -4.28. The topological polar surface area (TPSA) is 90.0 Å². The summed E-state index contributed by atoms with van der Waals surface area (Å²) in [6.45, 7) is 3.38. The Kier molecular flexibility index (Phi) is 5.46. The molecule has 0 saturated carbocycles. The fourth-order valence-corrected chi connectivity index (χ4v) is 4.10. The Morgan fingerprint density at radius 1 is 1.06 bits per heavy atom. The minimum Gasteiger partial charge on any atom is -0.363 e. The normalized spacial score (nSPS) is 12.5. The lowest BCUT2D eigenvalue weighted by molar-refractivity contribution is 0.146. The van der Waals surface area contributed by atoms with E-state index in [1.54, 1.807) is 37.6 Å². The van der Waals surface area contributed by atoms with Crippen LogP contribution in [0.25, 0.3) is 27.8 Å². The molecule has 5 aromatic rings. The number of anilines is 1. The zero-order chi connectivity index (χ0) is 24.9. The lowest BCUT2D eigenvalue weighted by Gasteiger charge is -2.19. The maximum Gasteiger partial charge on any atom is 0.266 e. The predicted octanol–water partition coefficient (Wildman–Crippen LogP) is 4.60. The van der Waals surface area contributed by atoms with Gasteiger partial charge in [0.1, 0.15) is 23.8 Å². The van der Waals surface area contributed by atoms with Crippen molar-refractivity contribution < 1.29 is 13.2 Å². The Balaban J connectivity index is 1.69. The van der Waals surface area contributed by atoms with Crippen LogP contribution in [-0.4, -0.2) is 29.1 Å². The lowest BCUT2D eigenvalue weighted by atomic mass is 10.0. The highest BCUT2D eigenvalue weighted by atomic mass is 19.3. The van der Waals surface area contributed by atoms with Crippen molar-refractivity contribution in [2.24, 2.45) is 7.05 Å². The van der Waals surface area contributed by atoms with Crippen LogP contribution in [0.2, 0.25) is 0 Å². The Morgan fingerprint density at radius 3 is 2.57 bits per heavy atom. The number of aromatic nitrogens is 6. The van der Waals surface area contributed by atoms with Crippen LogP contribution in [0.1, 0.15) is 36.3 Å². The summed E-state index contributed by atoms with van der Waals surface area (Å²) in [5, 5.41) is 12.0. The van der Waals surface area contributed by atoms with E-state index in [9.17, 15) is 18.0 Å². The highest BCUT2D eigenvalue weighted by Gasteiger charge is 2.21. The van der Waals surface area contributed by atoms with E-state index < -0.39 is 23.8 Å². The van der Waals surface area contributed by atoms with Crippen molar-refractivity contribution in [2.75, 3.05) is 5.32 Å². The molecule has 35 heavy (non-hydrogen) atoms. The average molecular weight is 479 g/mol.